The monoisotopic (exact) mass is 376 g/mol. The van der Waals surface area contributed by atoms with Gasteiger partial charge in [-0.1, -0.05) is 0 Å². The summed E-state index contributed by atoms with van der Waals surface area (Å²) >= 11 is 2.78. The number of aromatic nitrogens is 2. The number of aromatic amines is 1. The van der Waals surface area contributed by atoms with E-state index in [2.05, 4.69) is 4.98 Å². The average molecular weight is 376 g/mol. The summed E-state index contributed by atoms with van der Waals surface area (Å²) < 4.78 is 6.29. The molecule has 1 aliphatic heterocycles. The molecule has 0 spiro atoms. The van der Waals surface area contributed by atoms with Gasteiger partial charge in [0.25, 0.3) is 5.56 Å². The predicted molar refractivity (Wildman–Crippen MR) is 92.3 cm³/mol. The lowest BCUT2D eigenvalue weighted by Crippen LogP contribution is -2.37. The number of hydrogen-bond acceptors (Lipinski definition) is 8. The van der Waals surface area contributed by atoms with Gasteiger partial charge in [-0.25, -0.2) is 4.79 Å². The van der Waals surface area contributed by atoms with Crippen molar-refractivity contribution in [3.63, 3.8) is 0 Å². The number of thioether (sulfide) groups is 2. The standard InChI is InChI=1S/C14H20N2O6S2/c1-23-6-2-3-10(18)22-7-8-11(19)12(20)13(24-8)16-5-4-9(17)15-14(16)21/h4-5,8,11-13,19-20H,2-3,6-7H2,1H3,(H,15,17,21). The molecule has 0 radical (unpaired) electrons. The van der Waals surface area contributed by atoms with Crippen LogP contribution in [0.15, 0.2) is 21.9 Å². The van der Waals surface area contributed by atoms with Crippen LogP contribution in [0.4, 0.5) is 0 Å². The maximum absolute atomic E-state index is 11.8. The third kappa shape index (κ3) is 4.65. The van der Waals surface area contributed by atoms with Crippen molar-refractivity contribution < 1.29 is 19.7 Å². The number of esters is 1. The largest absolute Gasteiger partial charge is 0.464 e. The van der Waals surface area contributed by atoms with Crippen molar-refractivity contribution in [1.82, 2.24) is 9.55 Å². The van der Waals surface area contributed by atoms with E-state index < -0.39 is 34.1 Å². The van der Waals surface area contributed by atoms with E-state index in [0.29, 0.717) is 6.42 Å². The molecule has 24 heavy (non-hydrogen) atoms. The molecule has 8 nitrogen and oxygen atoms in total. The molecule has 1 aromatic heterocycles. The Bertz CT molecular complexity index is 676. The zero-order valence-electron chi connectivity index (χ0n) is 13.1. The van der Waals surface area contributed by atoms with Crippen molar-refractivity contribution >= 4 is 29.5 Å². The van der Waals surface area contributed by atoms with Gasteiger partial charge in [0, 0.05) is 18.7 Å². The van der Waals surface area contributed by atoms with Crippen LogP contribution in [0.5, 0.6) is 0 Å². The summed E-state index contributed by atoms with van der Waals surface area (Å²) in [5, 5.41) is 18.9. The minimum atomic E-state index is -1.21. The Morgan fingerprint density at radius 3 is 2.83 bits per heavy atom. The summed E-state index contributed by atoms with van der Waals surface area (Å²) in [6.45, 7) is -0.0460. The van der Waals surface area contributed by atoms with Crippen LogP contribution >= 0.6 is 23.5 Å². The molecule has 1 fully saturated rings. The van der Waals surface area contributed by atoms with Crippen LogP contribution in [0, 0.1) is 0 Å². The van der Waals surface area contributed by atoms with Crippen LogP contribution in [-0.4, -0.2) is 61.8 Å². The van der Waals surface area contributed by atoms with E-state index in [0.717, 1.165) is 28.5 Å². The zero-order valence-corrected chi connectivity index (χ0v) is 14.7. The number of carbonyl (C=O) groups excluding carboxylic acids is 1. The van der Waals surface area contributed by atoms with E-state index in [1.807, 2.05) is 6.26 Å². The minimum absolute atomic E-state index is 0.0460. The van der Waals surface area contributed by atoms with Crippen molar-refractivity contribution in [2.45, 2.75) is 35.7 Å². The van der Waals surface area contributed by atoms with E-state index in [1.54, 1.807) is 11.8 Å². The number of rotatable bonds is 7. The van der Waals surface area contributed by atoms with E-state index in [9.17, 15) is 24.6 Å². The number of hydrogen-bond donors (Lipinski definition) is 3. The summed E-state index contributed by atoms with van der Waals surface area (Å²) in [5.41, 5.74) is -1.20. The minimum Gasteiger partial charge on any atom is -0.464 e. The first-order valence-corrected chi connectivity index (χ1v) is 9.75. The SMILES string of the molecule is CSCCCC(=O)OCC1SC(n2ccc(=O)[nH]c2=O)C(O)C1O. The van der Waals surface area contributed by atoms with Crippen LogP contribution in [0.3, 0.4) is 0 Å². The van der Waals surface area contributed by atoms with E-state index in [1.165, 1.54) is 12.3 Å². The molecule has 0 aromatic carbocycles. The second-order valence-electron chi connectivity index (χ2n) is 5.34. The Hall–Kier alpha value is -1.23. The van der Waals surface area contributed by atoms with Gasteiger partial charge in [-0.15, -0.1) is 11.8 Å². The van der Waals surface area contributed by atoms with Crippen LogP contribution in [0.1, 0.15) is 18.2 Å². The van der Waals surface area contributed by atoms with Gasteiger partial charge in [-0.2, -0.15) is 11.8 Å². The smallest absolute Gasteiger partial charge is 0.329 e. The second kappa shape index (κ2) is 8.75. The molecule has 1 saturated heterocycles. The third-order valence-corrected chi connectivity index (χ3v) is 5.85. The van der Waals surface area contributed by atoms with E-state index in [4.69, 9.17) is 4.74 Å². The zero-order chi connectivity index (χ0) is 17.7. The number of H-pyrrole nitrogens is 1. The molecular weight excluding hydrogens is 356 g/mol. The Morgan fingerprint density at radius 1 is 1.42 bits per heavy atom. The number of aliphatic hydroxyl groups is 2. The van der Waals surface area contributed by atoms with Gasteiger partial charge in [0.1, 0.15) is 18.1 Å². The fourth-order valence-electron chi connectivity index (χ4n) is 2.33. The Kier molecular flexibility index (Phi) is 6.96. The molecule has 2 rings (SSSR count). The van der Waals surface area contributed by atoms with Crippen molar-refractivity contribution in [3.05, 3.63) is 33.1 Å². The highest BCUT2D eigenvalue weighted by molar-refractivity contribution is 8.00. The van der Waals surface area contributed by atoms with Crippen molar-refractivity contribution in [1.29, 1.82) is 0 Å². The summed E-state index contributed by atoms with van der Waals surface area (Å²) in [5.74, 6) is 0.516. The van der Waals surface area contributed by atoms with Gasteiger partial charge in [-0.3, -0.25) is 19.1 Å². The highest BCUT2D eigenvalue weighted by atomic mass is 32.2. The molecule has 4 atom stereocenters. The van der Waals surface area contributed by atoms with Gasteiger partial charge in [0.15, 0.2) is 0 Å². The lowest BCUT2D eigenvalue weighted by Gasteiger charge is -2.17. The Labute approximate surface area is 146 Å². The van der Waals surface area contributed by atoms with Crippen molar-refractivity contribution in [2.24, 2.45) is 0 Å². The van der Waals surface area contributed by atoms with Crippen LogP contribution < -0.4 is 11.2 Å². The number of aliphatic hydroxyl groups excluding tert-OH is 2. The number of carbonyl (C=O) groups is 1. The molecular formula is C14H20N2O6S2. The lowest BCUT2D eigenvalue weighted by atomic mass is 10.1. The number of nitrogens with zero attached hydrogens (tertiary/aromatic N) is 1. The second-order valence-corrected chi connectivity index (χ2v) is 7.69. The fraction of sp³-hybridized carbons (Fsp3) is 0.643. The van der Waals surface area contributed by atoms with Crippen molar-refractivity contribution in [2.75, 3.05) is 18.6 Å². The molecule has 0 saturated carbocycles. The first kappa shape index (κ1) is 19.1. The maximum Gasteiger partial charge on any atom is 0.329 e. The van der Waals surface area contributed by atoms with E-state index in [-0.39, 0.29) is 12.6 Å². The molecule has 2 heterocycles. The van der Waals surface area contributed by atoms with E-state index >= 15 is 0 Å². The van der Waals surface area contributed by atoms with Gasteiger partial charge in [0.2, 0.25) is 0 Å². The molecule has 0 aliphatic carbocycles. The topological polar surface area (TPSA) is 122 Å². The highest BCUT2D eigenvalue weighted by Crippen LogP contribution is 2.41. The summed E-state index contributed by atoms with van der Waals surface area (Å²) in [7, 11) is 0. The van der Waals surface area contributed by atoms with Gasteiger partial charge >= 0.3 is 11.7 Å². The normalized spacial score (nSPS) is 26.5. The van der Waals surface area contributed by atoms with Crippen LogP contribution in [0.25, 0.3) is 0 Å². The quantitative estimate of drug-likeness (QED) is 0.432. The maximum atomic E-state index is 11.8. The first-order chi connectivity index (χ1) is 11.4. The molecule has 1 aromatic rings. The van der Waals surface area contributed by atoms with Gasteiger partial charge in [0.05, 0.1) is 11.4 Å². The molecule has 3 N–H and O–H groups in total. The number of ether oxygens (including phenoxy) is 1. The molecule has 0 bridgehead atoms. The van der Waals surface area contributed by atoms with Crippen LogP contribution in [-0.2, 0) is 9.53 Å². The third-order valence-electron chi connectivity index (χ3n) is 3.60. The summed E-state index contributed by atoms with van der Waals surface area (Å²) in [6.07, 6.45) is 1.90. The van der Waals surface area contributed by atoms with Crippen molar-refractivity contribution in [3.8, 4) is 0 Å². The number of nitrogens with one attached hydrogen (secondary N) is 1. The highest BCUT2D eigenvalue weighted by Gasteiger charge is 2.44. The molecule has 1 aliphatic rings. The molecule has 4 unspecified atom stereocenters. The molecule has 10 heteroatoms. The summed E-state index contributed by atoms with van der Waals surface area (Å²) in [6, 6.07) is 1.17. The van der Waals surface area contributed by atoms with Gasteiger partial charge < -0.3 is 14.9 Å². The summed E-state index contributed by atoms with van der Waals surface area (Å²) in [4.78, 5) is 36.6. The fourth-order valence-corrected chi connectivity index (χ4v) is 4.21. The van der Waals surface area contributed by atoms with Crippen LogP contribution in [0.2, 0.25) is 0 Å². The predicted octanol–water partition coefficient (Wildman–Crippen LogP) is -0.441. The first-order valence-electron chi connectivity index (χ1n) is 7.41. The Balaban J connectivity index is 1.96. The molecule has 0 amide bonds. The molecule has 134 valence electrons. The average Bonchev–Trinajstić information content (AvgIpc) is 2.81. The lowest BCUT2D eigenvalue weighted by molar-refractivity contribution is -0.144. The van der Waals surface area contributed by atoms with Gasteiger partial charge in [-0.05, 0) is 18.4 Å². The Morgan fingerprint density at radius 2 is 2.17 bits per heavy atom.